The summed E-state index contributed by atoms with van der Waals surface area (Å²) in [7, 11) is 0. The van der Waals surface area contributed by atoms with Gasteiger partial charge in [-0.15, -0.1) is 10.2 Å². The van der Waals surface area contributed by atoms with Crippen molar-refractivity contribution in [3.8, 4) is 0 Å². The van der Waals surface area contributed by atoms with Gasteiger partial charge in [0.25, 0.3) is 5.78 Å². The van der Waals surface area contributed by atoms with Crippen molar-refractivity contribution in [1.29, 1.82) is 0 Å². The highest BCUT2D eigenvalue weighted by Crippen LogP contribution is 2.44. The number of hydrogen-bond donors (Lipinski definition) is 1. The van der Waals surface area contributed by atoms with Gasteiger partial charge in [0.15, 0.2) is 4.34 Å². The molecule has 186 valence electrons. The van der Waals surface area contributed by atoms with Crippen molar-refractivity contribution in [2.24, 2.45) is 0 Å². The lowest BCUT2D eigenvalue weighted by Gasteiger charge is -2.22. The fourth-order valence-electron chi connectivity index (χ4n) is 3.94. The number of thioether (sulfide) groups is 1. The first kappa shape index (κ1) is 25.3. The summed E-state index contributed by atoms with van der Waals surface area (Å²) in [6, 6.07) is 19.6. The topological polar surface area (TPSA) is 83.4 Å². The second-order valence-corrected chi connectivity index (χ2v) is 11.4. The third kappa shape index (κ3) is 5.22. The summed E-state index contributed by atoms with van der Waals surface area (Å²) in [5.41, 5.74) is 3.01. The van der Waals surface area contributed by atoms with E-state index < -0.39 is 17.7 Å². The highest BCUT2D eigenvalue weighted by atomic mass is 79.9. The molecule has 2 heterocycles. The third-order valence-corrected chi connectivity index (χ3v) is 8.49. The van der Waals surface area contributed by atoms with Crippen molar-refractivity contribution in [3.63, 3.8) is 0 Å². The van der Waals surface area contributed by atoms with Gasteiger partial charge < -0.3 is 5.11 Å². The molecule has 10 heteroatoms. The van der Waals surface area contributed by atoms with Crippen LogP contribution >= 0.6 is 39.0 Å². The lowest BCUT2D eigenvalue weighted by molar-refractivity contribution is -0.132. The van der Waals surface area contributed by atoms with Crippen molar-refractivity contribution < 1.29 is 19.1 Å². The number of carbonyl (C=O) groups is 2. The second kappa shape index (κ2) is 10.6. The van der Waals surface area contributed by atoms with Crippen LogP contribution in [0.4, 0.5) is 9.52 Å². The fraction of sp³-hybridized carbons (Fsp3) is 0.111. The van der Waals surface area contributed by atoms with Gasteiger partial charge in [0.1, 0.15) is 11.6 Å². The number of aliphatic hydroxyl groups excluding tert-OH is 1. The van der Waals surface area contributed by atoms with Gasteiger partial charge in [-0.25, -0.2) is 4.39 Å². The van der Waals surface area contributed by atoms with Crippen molar-refractivity contribution in [1.82, 2.24) is 10.2 Å². The zero-order valence-electron chi connectivity index (χ0n) is 19.4. The van der Waals surface area contributed by atoms with Crippen LogP contribution in [-0.2, 0) is 15.3 Å². The molecule has 1 saturated heterocycles. The summed E-state index contributed by atoms with van der Waals surface area (Å²) in [4.78, 5) is 27.9. The first-order chi connectivity index (χ1) is 17.8. The Hall–Kier alpha value is -3.34. The van der Waals surface area contributed by atoms with Gasteiger partial charge in [-0.05, 0) is 42.3 Å². The molecule has 37 heavy (non-hydrogen) atoms. The average molecular weight is 597 g/mol. The zero-order chi connectivity index (χ0) is 26.1. The molecule has 1 unspecified atom stereocenters. The number of halogens is 2. The van der Waals surface area contributed by atoms with Crippen LogP contribution in [0.2, 0.25) is 0 Å². The summed E-state index contributed by atoms with van der Waals surface area (Å²) in [5, 5.41) is 19.9. The van der Waals surface area contributed by atoms with E-state index in [1.165, 1.54) is 40.1 Å². The van der Waals surface area contributed by atoms with Gasteiger partial charge in [0.2, 0.25) is 5.13 Å². The Morgan fingerprint density at radius 1 is 1.03 bits per heavy atom. The number of hydrogen-bond acceptors (Lipinski definition) is 7. The van der Waals surface area contributed by atoms with Crippen molar-refractivity contribution in [2.75, 3.05) is 4.90 Å². The van der Waals surface area contributed by atoms with Crippen LogP contribution in [0.5, 0.6) is 0 Å². The molecular weight excluding hydrogens is 577 g/mol. The number of benzene rings is 3. The monoisotopic (exact) mass is 595 g/mol. The molecule has 1 N–H and O–H groups in total. The first-order valence-corrected chi connectivity index (χ1v) is 13.8. The maximum Gasteiger partial charge on any atom is 0.301 e. The van der Waals surface area contributed by atoms with E-state index >= 15 is 0 Å². The molecule has 1 aromatic heterocycles. The molecule has 0 spiro atoms. The Bertz CT molecular complexity index is 1500. The molecule has 0 bridgehead atoms. The number of ketones is 1. The Balaban J connectivity index is 1.53. The number of nitrogens with zero attached hydrogens (tertiary/aromatic N) is 3. The van der Waals surface area contributed by atoms with Crippen LogP contribution < -0.4 is 4.90 Å². The minimum absolute atomic E-state index is 0.00751. The Morgan fingerprint density at radius 3 is 2.38 bits per heavy atom. The number of aromatic nitrogens is 2. The normalized spacial score (nSPS) is 16.9. The molecule has 1 fully saturated rings. The number of Topliss-reactive ketones (excluding diaryl/α,β-unsaturated/α-hetero) is 1. The highest BCUT2D eigenvalue weighted by Gasteiger charge is 2.48. The molecule has 1 atom stereocenters. The number of rotatable bonds is 6. The van der Waals surface area contributed by atoms with Crippen molar-refractivity contribution in [2.45, 2.75) is 23.1 Å². The predicted molar refractivity (Wildman–Crippen MR) is 146 cm³/mol. The second-order valence-electron chi connectivity index (χ2n) is 8.35. The maximum absolute atomic E-state index is 13.3. The molecule has 1 aliphatic heterocycles. The molecule has 6 nitrogen and oxygen atoms in total. The molecule has 1 aliphatic rings. The van der Waals surface area contributed by atoms with Gasteiger partial charge in [-0.2, -0.15) is 0 Å². The Morgan fingerprint density at radius 2 is 1.70 bits per heavy atom. The van der Waals surface area contributed by atoms with E-state index in [1.54, 1.807) is 36.4 Å². The number of aryl methyl sites for hydroxylation is 1. The highest BCUT2D eigenvalue weighted by molar-refractivity contribution is 9.10. The SMILES string of the molecule is Cc1ccc(C2/C(=C(/O)c3ccc(Br)cc3)C(=O)C(=O)N2c2nnc(SCc3ccc(F)cc3)s2)cc1. The maximum atomic E-state index is 13.3. The molecule has 0 radical (unpaired) electrons. The van der Waals surface area contributed by atoms with E-state index in [4.69, 9.17) is 0 Å². The van der Waals surface area contributed by atoms with Gasteiger partial charge in [0.05, 0.1) is 11.6 Å². The van der Waals surface area contributed by atoms with E-state index in [0.29, 0.717) is 21.2 Å². The fourth-order valence-corrected chi connectivity index (χ4v) is 6.03. The smallest absolute Gasteiger partial charge is 0.301 e. The molecule has 3 aromatic carbocycles. The van der Waals surface area contributed by atoms with Crippen LogP contribution in [0.25, 0.3) is 5.76 Å². The average Bonchev–Trinajstić information content (AvgIpc) is 3.46. The molecule has 0 aliphatic carbocycles. The summed E-state index contributed by atoms with van der Waals surface area (Å²) in [6.07, 6.45) is 0. The summed E-state index contributed by atoms with van der Waals surface area (Å²) >= 11 is 5.95. The molecular formula is C27H19BrFN3O3S2. The van der Waals surface area contributed by atoms with Gasteiger partial charge in [0, 0.05) is 15.8 Å². The Labute approximate surface area is 229 Å². The molecule has 5 rings (SSSR count). The van der Waals surface area contributed by atoms with Gasteiger partial charge >= 0.3 is 5.91 Å². The summed E-state index contributed by atoms with van der Waals surface area (Å²) in [6.45, 7) is 1.94. The van der Waals surface area contributed by atoms with Gasteiger partial charge in [-0.3, -0.25) is 14.5 Å². The van der Waals surface area contributed by atoms with Crippen LogP contribution in [0.3, 0.4) is 0 Å². The lowest BCUT2D eigenvalue weighted by Crippen LogP contribution is -2.29. The quantitative estimate of drug-likeness (QED) is 0.0881. The number of amides is 1. The minimum Gasteiger partial charge on any atom is -0.507 e. The lowest BCUT2D eigenvalue weighted by atomic mass is 9.95. The van der Waals surface area contributed by atoms with E-state index in [0.717, 1.165) is 15.6 Å². The predicted octanol–water partition coefficient (Wildman–Crippen LogP) is 6.67. The van der Waals surface area contributed by atoms with Crippen molar-refractivity contribution >= 4 is 61.6 Å². The van der Waals surface area contributed by atoms with E-state index in [2.05, 4.69) is 26.1 Å². The van der Waals surface area contributed by atoms with Crippen molar-refractivity contribution in [3.05, 3.63) is 111 Å². The summed E-state index contributed by atoms with van der Waals surface area (Å²) in [5.74, 6) is -1.59. The van der Waals surface area contributed by atoms with Crippen LogP contribution in [0.1, 0.15) is 28.3 Å². The number of anilines is 1. The Kier molecular flexibility index (Phi) is 7.23. The van der Waals surface area contributed by atoms with Gasteiger partial charge in [-0.1, -0.05) is 93.1 Å². The number of aliphatic hydroxyl groups is 1. The molecule has 0 saturated carbocycles. The van der Waals surface area contributed by atoms with E-state index in [9.17, 15) is 19.1 Å². The number of carbonyl (C=O) groups excluding carboxylic acids is 2. The zero-order valence-corrected chi connectivity index (χ0v) is 22.6. The first-order valence-electron chi connectivity index (χ1n) is 11.2. The molecule has 4 aromatic rings. The van der Waals surface area contributed by atoms with E-state index in [-0.39, 0.29) is 22.3 Å². The van der Waals surface area contributed by atoms with Crippen LogP contribution in [-0.4, -0.2) is 27.0 Å². The third-order valence-electron chi connectivity index (χ3n) is 5.83. The molecule has 1 amide bonds. The standard InChI is InChI=1S/C27H19BrFN3O3S2/c1-15-2-6-17(7-3-15)22-21(23(33)18-8-10-19(28)11-9-18)24(34)25(35)32(22)26-30-31-27(37-26)36-14-16-4-12-20(29)13-5-16/h2-13,22,33H,14H2,1H3/b23-21-. The summed E-state index contributed by atoms with van der Waals surface area (Å²) < 4.78 is 14.6. The largest absolute Gasteiger partial charge is 0.507 e. The van der Waals surface area contributed by atoms with E-state index in [1.807, 2.05) is 31.2 Å². The van der Waals surface area contributed by atoms with Crippen LogP contribution in [0.15, 0.2) is 87.2 Å². The van der Waals surface area contributed by atoms with Crippen LogP contribution in [0, 0.1) is 12.7 Å². The minimum atomic E-state index is -0.868.